The molecular weight excluding hydrogens is 463 g/mol. The molecule has 0 spiro atoms. The van der Waals surface area contributed by atoms with Gasteiger partial charge in [0.25, 0.3) is 5.91 Å². The van der Waals surface area contributed by atoms with Crippen LogP contribution in [-0.2, 0) is 11.2 Å². The first-order valence-electron chi connectivity index (χ1n) is 11.1. The fourth-order valence-corrected chi connectivity index (χ4v) is 4.39. The lowest BCUT2D eigenvalue weighted by atomic mass is 9.97. The van der Waals surface area contributed by atoms with Crippen LogP contribution < -0.4 is 4.74 Å². The molecule has 4 rings (SSSR count). The Kier molecular flexibility index (Phi) is 7.12. The van der Waals surface area contributed by atoms with Crippen LogP contribution in [0.4, 0.5) is 4.39 Å². The molecule has 0 saturated carbocycles. The number of alkyl halides is 1. The second kappa shape index (κ2) is 9.90. The number of nitrogens with zero attached hydrogens (tertiary/aromatic N) is 2. The Balaban J connectivity index is 1.65. The summed E-state index contributed by atoms with van der Waals surface area (Å²) in [4.78, 5) is 19.5. The van der Waals surface area contributed by atoms with Crippen molar-refractivity contribution in [2.45, 2.75) is 37.8 Å². The fourth-order valence-electron chi connectivity index (χ4n) is 4.19. The maximum Gasteiger partial charge on any atom is 0.254 e. The summed E-state index contributed by atoms with van der Waals surface area (Å²) in [5, 5.41) is 10.3. The minimum absolute atomic E-state index is 0.205. The van der Waals surface area contributed by atoms with E-state index in [1.54, 1.807) is 35.2 Å². The number of hydrogen-bond acceptors (Lipinski definition) is 6. The predicted octanol–water partition coefficient (Wildman–Crippen LogP) is 4.40. The van der Waals surface area contributed by atoms with Gasteiger partial charge in [-0.3, -0.25) is 9.18 Å². The highest BCUT2D eigenvalue weighted by molar-refractivity contribution is 6.30. The average Bonchev–Trinajstić information content (AvgIpc) is 3.23. The first kappa shape index (κ1) is 24.4. The molecule has 34 heavy (non-hydrogen) atoms. The number of aliphatic hydroxyl groups excluding tert-OH is 1. The Morgan fingerprint density at radius 2 is 2.18 bits per heavy atom. The lowest BCUT2D eigenvalue weighted by Crippen LogP contribution is -2.57. The van der Waals surface area contributed by atoms with Crippen LogP contribution in [0.15, 0.2) is 40.8 Å². The van der Waals surface area contributed by atoms with Crippen molar-refractivity contribution >= 4 is 28.6 Å². The molecule has 0 bridgehead atoms. The number of halogens is 2. The van der Waals surface area contributed by atoms with Gasteiger partial charge in [0.2, 0.25) is 0 Å². The number of rotatable bonds is 7. The minimum Gasteiger partial charge on any atom is -0.493 e. The summed E-state index contributed by atoms with van der Waals surface area (Å²) in [7, 11) is 1.48. The van der Waals surface area contributed by atoms with E-state index in [4.69, 9.17) is 25.5 Å². The Hall–Kier alpha value is -2.68. The molecule has 9 heteroatoms. The number of aromatic nitrogens is 1. The van der Waals surface area contributed by atoms with Gasteiger partial charge in [0.1, 0.15) is 5.52 Å². The van der Waals surface area contributed by atoms with Crippen LogP contribution in [0, 0.1) is 0 Å². The third-order valence-corrected chi connectivity index (χ3v) is 6.26. The van der Waals surface area contributed by atoms with E-state index in [2.05, 4.69) is 4.98 Å². The highest BCUT2D eigenvalue weighted by Crippen LogP contribution is 2.32. The maximum atomic E-state index is 13.9. The third-order valence-electron chi connectivity index (χ3n) is 6.02. The predicted molar refractivity (Wildman–Crippen MR) is 126 cm³/mol. The number of carbonyl (C=O) groups excluding carboxylic acids is 1. The van der Waals surface area contributed by atoms with Crippen molar-refractivity contribution in [1.82, 2.24) is 9.88 Å². The number of carbonyl (C=O) groups is 1. The van der Waals surface area contributed by atoms with Crippen molar-refractivity contribution in [3.05, 3.63) is 58.4 Å². The molecule has 0 radical (unpaired) electrons. The summed E-state index contributed by atoms with van der Waals surface area (Å²) >= 11 is 6.06. The van der Waals surface area contributed by atoms with Gasteiger partial charge in [0.05, 0.1) is 38.6 Å². The van der Waals surface area contributed by atoms with E-state index in [0.717, 1.165) is 5.56 Å². The summed E-state index contributed by atoms with van der Waals surface area (Å²) in [6, 6.07) is 9.84. The second-order valence-corrected chi connectivity index (χ2v) is 9.52. The van der Waals surface area contributed by atoms with Crippen molar-refractivity contribution in [3.63, 3.8) is 0 Å². The first-order valence-corrected chi connectivity index (χ1v) is 11.5. The number of aliphatic hydroxyl groups is 1. The first-order chi connectivity index (χ1) is 16.2. The van der Waals surface area contributed by atoms with Crippen molar-refractivity contribution in [2.75, 3.05) is 33.5 Å². The van der Waals surface area contributed by atoms with E-state index in [0.29, 0.717) is 39.9 Å². The Bertz CT molecular complexity index is 1180. The van der Waals surface area contributed by atoms with Gasteiger partial charge in [-0.05, 0) is 43.7 Å². The molecule has 1 fully saturated rings. The molecule has 2 unspecified atom stereocenters. The summed E-state index contributed by atoms with van der Waals surface area (Å²) in [5.74, 6) is -0.0472. The van der Waals surface area contributed by atoms with E-state index >= 15 is 0 Å². The van der Waals surface area contributed by atoms with E-state index in [1.165, 1.54) is 7.11 Å². The number of hydrogen-bond donors (Lipinski definition) is 1. The Morgan fingerprint density at radius 3 is 2.85 bits per heavy atom. The molecule has 1 aliphatic rings. The van der Waals surface area contributed by atoms with Crippen LogP contribution in [0.3, 0.4) is 0 Å². The zero-order valence-electron chi connectivity index (χ0n) is 19.4. The van der Waals surface area contributed by atoms with E-state index < -0.39 is 24.2 Å². The van der Waals surface area contributed by atoms with Gasteiger partial charge >= 0.3 is 0 Å². The number of morpholine rings is 1. The van der Waals surface area contributed by atoms with Crippen LogP contribution in [0.5, 0.6) is 5.75 Å². The zero-order chi connectivity index (χ0) is 24.5. The van der Waals surface area contributed by atoms with Gasteiger partial charge in [-0.2, -0.15) is 0 Å². The molecule has 0 aliphatic carbocycles. The van der Waals surface area contributed by atoms with Crippen LogP contribution in [0.1, 0.15) is 41.6 Å². The van der Waals surface area contributed by atoms with Crippen LogP contribution >= 0.6 is 11.6 Å². The van der Waals surface area contributed by atoms with Crippen molar-refractivity contribution in [3.8, 4) is 5.75 Å². The lowest BCUT2D eigenvalue weighted by Gasteiger charge is -2.43. The quantitative estimate of drug-likeness (QED) is 0.528. The van der Waals surface area contributed by atoms with Crippen molar-refractivity contribution in [2.24, 2.45) is 0 Å². The third kappa shape index (κ3) is 5.04. The lowest BCUT2D eigenvalue weighted by molar-refractivity contribution is -0.110. The number of amides is 1. The number of benzene rings is 2. The molecule has 7 nitrogen and oxygen atoms in total. The number of ether oxygens (including phenoxy) is 2. The molecule has 1 saturated heterocycles. The van der Waals surface area contributed by atoms with E-state index in [-0.39, 0.29) is 25.5 Å². The molecule has 1 aliphatic heterocycles. The smallest absolute Gasteiger partial charge is 0.254 e. The molecule has 182 valence electrons. The normalized spacial score (nSPS) is 18.8. The average molecular weight is 491 g/mol. The summed E-state index contributed by atoms with van der Waals surface area (Å²) in [6.07, 6.45) is 0.224. The molecule has 2 atom stereocenters. The van der Waals surface area contributed by atoms with Crippen molar-refractivity contribution < 1.29 is 28.2 Å². The largest absolute Gasteiger partial charge is 0.493 e. The zero-order valence-corrected chi connectivity index (χ0v) is 20.1. The maximum absolute atomic E-state index is 13.9. The molecule has 2 aromatic carbocycles. The molecule has 1 N–H and O–H groups in total. The Labute approximate surface area is 202 Å². The van der Waals surface area contributed by atoms with Gasteiger partial charge < -0.3 is 23.9 Å². The fraction of sp³-hybridized carbons (Fsp3) is 0.440. The van der Waals surface area contributed by atoms with E-state index in [1.807, 2.05) is 19.9 Å². The van der Waals surface area contributed by atoms with E-state index in [9.17, 15) is 14.3 Å². The minimum atomic E-state index is -0.602. The monoisotopic (exact) mass is 490 g/mol. The molecule has 1 aromatic heterocycles. The molecule has 1 amide bonds. The van der Waals surface area contributed by atoms with Crippen LogP contribution in [0.2, 0.25) is 5.02 Å². The summed E-state index contributed by atoms with van der Waals surface area (Å²) in [6.45, 7) is 3.57. The van der Waals surface area contributed by atoms with Gasteiger partial charge in [0.15, 0.2) is 17.2 Å². The van der Waals surface area contributed by atoms with Crippen LogP contribution in [-0.4, -0.2) is 66.1 Å². The SMILES string of the molecule is COc1cc(C(=O)N2CC(C)(C)OCC2CO)cc2nc(CC(CF)c3cccc(Cl)c3)oc12. The Morgan fingerprint density at radius 1 is 1.38 bits per heavy atom. The standard InChI is InChI=1S/C25H28ClFN2O5/c1-25(2)14-29(19(12-30)13-33-25)24(31)16-8-20-23(21(9-16)32-3)34-22(28-20)10-17(11-27)15-5-4-6-18(26)7-15/h4-9,17,19,30H,10-14H2,1-3H3. The molecular formula is C25H28ClFN2O5. The summed E-state index contributed by atoms with van der Waals surface area (Å²) < 4.78 is 31.0. The topological polar surface area (TPSA) is 85.0 Å². The summed E-state index contributed by atoms with van der Waals surface area (Å²) in [5.41, 5.74) is 1.41. The van der Waals surface area contributed by atoms with Gasteiger partial charge in [-0.25, -0.2) is 4.98 Å². The number of oxazole rings is 1. The van der Waals surface area contributed by atoms with Gasteiger partial charge in [0, 0.05) is 29.5 Å². The molecule has 2 heterocycles. The second-order valence-electron chi connectivity index (χ2n) is 9.08. The number of methoxy groups -OCH3 is 1. The number of fused-ring (bicyclic) bond motifs is 1. The van der Waals surface area contributed by atoms with Gasteiger partial charge in [-0.1, -0.05) is 23.7 Å². The van der Waals surface area contributed by atoms with Crippen molar-refractivity contribution in [1.29, 1.82) is 0 Å². The highest BCUT2D eigenvalue weighted by Gasteiger charge is 2.37. The van der Waals surface area contributed by atoms with Crippen LogP contribution in [0.25, 0.3) is 11.1 Å². The van der Waals surface area contributed by atoms with Gasteiger partial charge in [-0.15, -0.1) is 0 Å². The highest BCUT2D eigenvalue weighted by atomic mass is 35.5. The molecule has 3 aromatic rings.